The third-order valence-corrected chi connectivity index (χ3v) is 4.83. The molecular formula is C15H21N3S. The highest BCUT2D eigenvalue weighted by molar-refractivity contribution is 7.19. The maximum Gasteiger partial charge on any atom is 0.138 e. The van der Waals surface area contributed by atoms with E-state index in [0.29, 0.717) is 5.92 Å². The summed E-state index contributed by atoms with van der Waals surface area (Å²) < 4.78 is 0. The molecule has 2 heterocycles. The molecule has 0 radical (unpaired) electrons. The van der Waals surface area contributed by atoms with Gasteiger partial charge in [-0.25, -0.2) is 9.97 Å². The van der Waals surface area contributed by atoms with Crippen LogP contribution in [0, 0.1) is 0 Å². The maximum atomic E-state index is 4.77. The monoisotopic (exact) mass is 275 g/mol. The number of rotatable bonds is 4. The van der Waals surface area contributed by atoms with E-state index >= 15 is 0 Å². The van der Waals surface area contributed by atoms with Gasteiger partial charge in [0.1, 0.15) is 16.5 Å². The van der Waals surface area contributed by atoms with Crippen molar-refractivity contribution in [1.82, 2.24) is 9.97 Å². The average Bonchev–Trinajstić information content (AvgIpc) is 2.95. The lowest BCUT2D eigenvalue weighted by Crippen LogP contribution is -2.07. The quantitative estimate of drug-likeness (QED) is 0.912. The molecule has 0 bridgehead atoms. The molecule has 0 atom stereocenters. The maximum absolute atomic E-state index is 4.77. The molecule has 0 aliphatic heterocycles. The summed E-state index contributed by atoms with van der Waals surface area (Å²) in [5.74, 6) is 2.41. The van der Waals surface area contributed by atoms with Crippen LogP contribution in [0.1, 0.15) is 55.8 Å². The lowest BCUT2D eigenvalue weighted by molar-refractivity contribution is 0.783. The van der Waals surface area contributed by atoms with Crippen molar-refractivity contribution >= 4 is 27.4 Å². The van der Waals surface area contributed by atoms with E-state index < -0.39 is 0 Å². The molecule has 4 heteroatoms. The Morgan fingerprint density at radius 3 is 2.84 bits per heavy atom. The summed E-state index contributed by atoms with van der Waals surface area (Å²) in [4.78, 5) is 12.3. The molecule has 1 N–H and O–H groups in total. The lowest BCUT2D eigenvalue weighted by atomic mass is 10.1. The van der Waals surface area contributed by atoms with E-state index in [1.807, 2.05) is 11.3 Å². The molecule has 3 rings (SSSR count). The van der Waals surface area contributed by atoms with Gasteiger partial charge in [0.2, 0.25) is 0 Å². The minimum absolute atomic E-state index is 0.378. The van der Waals surface area contributed by atoms with Crippen molar-refractivity contribution in [2.24, 2.45) is 0 Å². The SMILES string of the molecule is CCCNc1nc(C(C)C)nc2sc3c(c12)CCC3. The van der Waals surface area contributed by atoms with Gasteiger partial charge in [-0.3, -0.25) is 0 Å². The van der Waals surface area contributed by atoms with Crippen LogP contribution >= 0.6 is 11.3 Å². The van der Waals surface area contributed by atoms with E-state index in [4.69, 9.17) is 9.97 Å². The predicted molar refractivity (Wildman–Crippen MR) is 82.3 cm³/mol. The van der Waals surface area contributed by atoms with Crippen LogP contribution in [-0.4, -0.2) is 16.5 Å². The Kier molecular flexibility index (Phi) is 3.44. The summed E-state index contributed by atoms with van der Waals surface area (Å²) in [7, 11) is 0. The Bertz CT molecular complexity index is 601. The standard InChI is InChI=1S/C15H21N3S/c1-4-8-16-14-12-10-6-5-7-11(10)19-15(12)18-13(17-14)9(2)3/h9H,4-8H2,1-3H3,(H,16,17,18). The van der Waals surface area contributed by atoms with Crippen LogP contribution in [0.15, 0.2) is 0 Å². The van der Waals surface area contributed by atoms with E-state index in [9.17, 15) is 0 Å². The Morgan fingerprint density at radius 2 is 2.11 bits per heavy atom. The topological polar surface area (TPSA) is 37.8 Å². The molecular weight excluding hydrogens is 254 g/mol. The molecule has 0 unspecified atom stereocenters. The van der Waals surface area contributed by atoms with Crippen LogP contribution in [0.25, 0.3) is 10.2 Å². The summed E-state index contributed by atoms with van der Waals surface area (Å²) in [6, 6.07) is 0. The highest BCUT2D eigenvalue weighted by Gasteiger charge is 2.22. The second-order valence-electron chi connectivity index (χ2n) is 5.55. The highest BCUT2D eigenvalue weighted by atomic mass is 32.1. The van der Waals surface area contributed by atoms with Gasteiger partial charge in [0.15, 0.2) is 0 Å². The minimum Gasteiger partial charge on any atom is -0.369 e. The van der Waals surface area contributed by atoms with Gasteiger partial charge in [0.25, 0.3) is 0 Å². The third kappa shape index (κ3) is 2.22. The van der Waals surface area contributed by atoms with Crippen molar-refractivity contribution in [1.29, 1.82) is 0 Å². The Hall–Kier alpha value is -1.16. The Balaban J connectivity index is 2.16. The number of nitrogens with zero attached hydrogens (tertiary/aromatic N) is 2. The van der Waals surface area contributed by atoms with Gasteiger partial charge in [0, 0.05) is 17.3 Å². The largest absolute Gasteiger partial charge is 0.369 e. The van der Waals surface area contributed by atoms with Crippen LogP contribution in [0.2, 0.25) is 0 Å². The van der Waals surface area contributed by atoms with E-state index in [2.05, 4.69) is 26.1 Å². The number of aromatic nitrogens is 2. The molecule has 2 aromatic rings. The average molecular weight is 275 g/mol. The summed E-state index contributed by atoms with van der Waals surface area (Å²) in [5, 5.41) is 4.81. The number of hydrogen-bond donors (Lipinski definition) is 1. The van der Waals surface area contributed by atoms with Gasteiger partial charge < -0.3 is 5.32 Å². The second-order valence-corrected chi connectivity index (χ2v) is 6.63. The number of aryl methyl sites for hydroxylation is 2. The molecule has 2 aromatic heterocycles. The molecule has 1 aliphatic carbocycles. The first kappa shape index (κ1) is 12.9. The summed E-state index contributed by atoms with van der Waals surface area (Å²) in [6.07, 6.45) is 4.83. The van der Waals surface area contributed by atoms with Crippen LogP contribution in [0.5, 0.6) is 0 Å². The first-order valence-corrected chi connectivity index (χ1v) is 8.08. The number of hydrogen-bond acceptors (Lipinski definition) is 4. The highest BCUT2D eigenvalue weighted by Crippen LogP contribution is 2.39. The van der Waals surface area contributed by atoms with Gasteiger partial charge in [-0.1, -0.05) is 20.8 Å². The van der Waals surface area contributed by atoms with Crippen molar-refractivity contribution in [3.05, 3.63) is 16.3 Å². The molecule has 0 aromatic carbocycles. The molecule has 0 spiro atoms. The minimum atomic E-state index is 0.378. The Morgan fingerprint density at radius 1 is 1.26 bits per heavy atom. The van der Waals surface area contributed by atoms with Crippen LogP contribution in [0.4, 0.5) is 5.82 Å². The fourth-order valence-electron chi connectivity index (χ4n) is 2.64. The van der Waals surface area contributed by atoms with Crippen LogP contribution in [-0.2, 0) is 12.8 Å². The zero-order chi connectivity index (χ0) is 13.4. The van der Waals surface area contributed by atoms with Crippen LogP contribution in [0.3, 0.4) is 0 Å². The number of nitrogens with one attached hydrogen (secondary N) is 1. The Labute approximate surface area is 118 Å². The molecule has 1 aliphatic rings. The molecule has 0 saturated heterocycles. The summed E-state index contributed by atoms with van der Waals surface area (Å²) >= 11 is 1.87. The van der Waals surface area contributed by atoms with Gasteiger partial charge >= 0.3 is 0 Å². The van der Waals surface area contributed by atoms with E-state index in [1.165, 1.54) is 39.9 Å². The number of anilines is 1. The molecule has 0 fully saturated rings. The zero-order valence-electron chi connectivity index (χ0n) is 11.9. The molecule has 3 nitrogen and oxygen atoms in total. The second kappa shape index (κ2) is 5.08. The summed E-state index contributed by atoms with van der Waals surface area (Å²) in [6.45, 7) is 7.49. The van der Waals surface area contributed by atoms with Crippen molar-refractivity contribution in [3.8, 4) is 0 Å². The van der Waals surface area contributed by atoms with Gasteiger partial charge in [-0.2, -0.15) is 0 Å². The predicted octanol–water partition coefficient (Wildman–Crippen LogP) is 4.13. The molecule has 102 valence electrons. The third-order valence-electron chi connectivity index (χ3n) is 3.64. The van der Waals surface area contributed by atoms with Crippen molar-refractivity contribution < 1.29 is 0 Å². The number of thiophene rings is 1. The van der Waals surface area contributed by atoms with Crippen molar-refractivity contribution in [2.45, 2.75) is 52.4 Å². The fraction of sp³-hybridized carbons (Fsp3) is 0.600. The normalized spacial score (nSPS) is 14.3. The van der Waals surface area contributed by atoms with Crippen molar-refractivity contribution in [3.63, 3.8) is 0 Å². The van der Waals surface area contributed by atoms with Gasteiger partial charge in [-0.15, -0.1) is 11.3 Å². The summed E-state index contributed by atoms with van der Waals surface area (Å²) in [5.41, 5.74) is 1.51. The van der Waals surface area contributed by atoms with E-state index in [-0.39, 0.29) is 0 Å². The zero-order valence-corrected chi connectivity index (χ0v) is 12.7. The van der Waals surface area contributed by atoms with Crippen LogP contribution < -0.4 is 5.32 Å². The molecule has 0 amide bonds. The van der Waals surface area contributed by atoms with Gasteiger partial charge in [0.05, 0.1) is 5.39 Å². The lowest BCUT2D eigenvalue weighted by Gasteiger charge is -2.10. The van der Waals surface area contributed by atoms with E-state index in [0.717, 1.165) is 24.6 Å². The smallest absolute Gasteiger partial charge is 0.138 e. The van der Waals surface area contributed by atoms with Crippen molar-refractivity contribution in [2.75, 3.05) is 11.9 Å². The fourth-order valence-corrected chi connectivity index (χ4v) is 3.91. The van der Waals surface area contributed by atoms with Gasteiger partial charge in [-0.05, 0) is 31.2 Å². The van der Waals surface area contributed by atoms with E-state index in [1.54, 1.807) is 0 Å². The first-order chi connectivity index (χ1) is 9.20. The first-order valence-electron chi connectivity index (χ1n) is 7.26. The molecule has 0 saturated carbocycles. The molecule has 19 heavy (non-hydrogen) atoms. The number of fused-ring (bicyclic) bond motifs is 3.